The highest BCUT2D eigenvalue weighted by Gasteiger charge is 2.66. The smallest absolute Gasteiger partial charge is 0.126 e. The molecule has 4 heterocycles. The van der Waals surface area contributed by atoms with Gasteiger partial charge >= 0.3 is 5.66 Å². The van der Waals surface area contributed by atoms with E-state index in [4.69, 9.17) is 0 Å². The molecular formula is C29H20N2+2. The van der Waals surface area contributed by atoms with Gasteiger partial charge in [-0.3, -0.25) is 0 Å². The number of nitrogens with zero attached hydrogens (tertiary/aromatic N) is 2. The van der Waals surface area contributed by atoms with Crippen molar-refractivity contribution in [3.63, 3.8) is 0 Å². The molecule has 0 radical (unpaired) electrons. The number of aromatic nitrogens is 2. The predicted molar refractivity (Wildman–Crippen MR) is 121 cm³/mol. The van der Waals surface area contributed by atoms with Gasteiger partial charge in [0.25, 0.3) is 0 Å². The van der Waals surface area contributed by atoms with Crippen molar-refractivity contribution in [1.29, 1.82) is 0 Å². The SMILES string of the molecule is c1ccc(-c2ccc3[n+](c2)C2(c4ccccc4-c4cccc[n+]42)c2ccccc2-3)cc1. The third-order valence-electron chi connectivity index (χ3n) is 6.77. The molecule has 31 heavy (non-hydrogen) atoms. The second kappa shape index (κ2) is 5.99. The van der Waals surface area contributed by atoms with Gasteiger partial charge in [-0.25, -0.2) is 0 Å². The maximum atomic E-state index is 2.48. The van der Waals surface area contributed by atoms with E-state index in [0.29, 0.717) is 0 Å². The van der Waals surface area contributed by atoms with E-state index >= 15 is 0 Å². The van der Waals surface area contributed by atoms with E-state index < -0.39 is 5.66 Å². The van der Waals surface area contributed by atoms with Gasteiger partial charge in [0.1, 0.15) is 11.1 Å². The van der Waals surface area contributed by atoms with Crippen LogP contribution in [0.1, 0.15) is 11.1 Å². The lowest BCUT2D eigenvalue weighted by atomic mass is 9.90. The Balaban J connectivity index is 1.64. The molecule has 0 aliphatic carbocycles. The molecule has 144 valence electrons. The van der Waals surface area contributed by atoms with E-state index in [0.717, 1.165) is 0 Å². The summed E-state index contributed by atoms with van der Waals surface area (Å²) in [6.45, 7) is 0. The molecule has 2 heteroatoms. The van der Waals surface area contributed by atoms with Crippen LogP contribution in [0.5, 0.6) is 0 Å². The first kappa shape index (κ1) is 16.7. The van der Waals surface area contributed by atoms with Gasteiger partial charge in [-0.2, -0.15) is 0 Å². The molecule has 3 aromatic carbocycles. The minimum atomic E-state index is -0.427. The van der Waals surface area contributed by atoms with E-state index in [2.05, 4.69) is 131 Å². The zero-order valence-corrected chi connectivity index (χ0v) is 16.9. The molecule has 0 N–H and O–H groups in total. The summed E-state index contributed by atoms with van der Waals surface area (Å²) < 4.78 is 4.93. The van der Waals surface area contributed by atoms with E-state index in [1.807, 2.05) is 0 Å². The molecule has 5 aromatic rings. The zero-order valence-electron chi connectivity index (χ0n) is 16.9. The van der Waals surface area contributed by atoms with Gasteiger partial charge in [0.05, 0.1) is 11.1 Å². The number of hydrogen-bond donors (Lipinski definition) is 0. The number of pyridine rings is 2. The molecule has 0 fully saturated rings. The number of benzene rings is 3. The van der Waals surface area contributed by atoms with Crippen molar-refractivity contribution in [2.24, 2.45) is 0 Å². The monoisotopic (exact) mass is 396 g/mol. The molecule has 0 saturated carbocycles. The van der Waals surface area contributed by atoms with Crippen molar-refractivity contribution in [1.82, 2.24) is 0 Å². The second-order valence-electron chi connectivity index (χ2n) is 8.26. The van der Waals surface area contributed by atoms with Crippen LogP contribution in [0.3, 0.4) is 0 Å². The van der Waals surface area contributed by atoms with Crippen LogP contribution in [0.15, 0.2) is 122 Å². The first-order chi connectivity index (χ1) is 15.4. The molecule has 1 unspecified atom stereocenters. The molecule has 2 aromatic heterocycles. The van der Waals surface area contributed by atoms with Gasteiger partial charge in [-0.1, -0.05) is 54.6 Å². The lowest BCUT2D eigenvalue weighted by Crippen LogP contribution is -2.71. The minimum Gasteiger partial charge on any atom is -0.126 e. The third kappa shape index (κ3) is 2.02. The second-order valence-corrected chi connectivity index (χ2v) is 8.26. The van der Waals surface area contributed by atoms with E-state index in [1.54, 1.807) is 0 Å². The molecule has 7 rings (SSSR count). The summed E-state index contributed by atoms with van der Waals surface area (Å²) >= 11 is 0. The van der Waals surface area contributed by atoms with Gasteiger partial charge in [-0.05, 0) is 42.0 Å². The Morgan fingerprint density at radius 2 is 1.06 bits per heavy atom. The zero-order chi connectivity index (χ0) is 20.4. The highest BCUT2D eigenvalue weighted by atomic mass is 15.3. The van der Waals surface area contributed by atoms with Crippen LogP contribution >= 0.6 is 0 Å². The lowest BCUT2D eigenvalue weighted by molar-refractivity contribution is -0.954. The average molecular weight is 396 g/mol. The summed E-state index contributed by atoms with van der Waals surface area (Å²) in [5, 5.41) is 0. The molecule has 1 atom stereocenters. The van der Waals surface area contributed by atoms with Crippen LogP contribution in [0, 0.1) is 0 Å². The maximum absolute atomic E-state index is 2.48. The highest BCUT2D eigenvalue weighted by Crippen LogP contribution is 2.46. The molecule has 0 saturated heterocycles. The van der Waals surface area contributed by atoms with Crippen molar-refractivity contribution in [3.8, 4) is 33.6 Å². The predicted octanol–water partition coefficient (Wildman–Crippen LogP) is 5.19. The Hall–Kier alpha value is -4.04. The highest BCUT2D eigenvalue weighted by molar-refractivity contribution is 5.74. The van der Waals surface area contributed by atoms with Crippen molar-refractivity contribution >= 4 is 0 Å². The summed E-state index contributed by atoms with van der Waals surface area (Å²) in [6.07, 6.45) is 4.56. The van der Waals surface area contributed by atoms with Crippen molar-refractivity contribution in [3.05, 3.63) is 133 Å². The third-order valence-corrected chi connectivity index (χ3v) is 6.77. The van der Waals surface area contributed by atoms with Crippen molar-refractivity contribution in [2.45, 2.75) is 5.66 Å². The van der Waals surface area contributed by atoms with E-state index in [1.165, 1.54) is 44.8 Å². The first-order valence-corrected chi connectivity index (χ1v) is 10.7. The molecule has 1 spiro atoms. The topological polar surface area (TPSA) is 7.76 Å². The summed E-state index contributed by atoms with van der Waals surface area (Å²) in [5.74, 6) is 0. The largest absolute Gasteiger partial charge is 0.417 e. The molecule has 2 aliphatic rings. The number of fused-ring (bicyclic) bond motifs is 10. The van der Waals surface area contributed by atoms with E-state index in [9.17, 15) is 0 Å². The number of hydrogen-bond acceptors (Lipinski definition) is 0. The quantitative estimate of drug-likeness (QED) is 0.338. The summed E-state index contributed by atoms with van der Waals surface area (Å²) in [4.78, 5) is 0. The van der Waals surface area contributed by atoms with Crippen LogP contribution in [-0.2, 0) is 5.66 Å². The fourth-order valence-corrected chi connectivity index (χ4v) is 5.54. The van der Waals surface area contributed by atoms with Gasteiger partial charge < -0.3 is 0 Å². The molecule has 0 bridgehead atoms. The Morgan fingerprint density at radius 3 is 1.81 bits per heavy atom. The van der Waals surface area contributed by atoms with Crippen LogP contribution in [0.2, 0.25) is 0 Å². The fourth-order valence-electron chi connectivity index (χ4n) is 5.54. The average Bonchev–Trinajstić information content (AvgIpc) is 3.32. The molecule has 0 amide bonds. The van der Waals surface area contributed by atoms with Crippen LogP contribution in [0.4, 0.5) is 0 Å². The van der Waals surface area contributed by atoms with Gasteiger partial charge in [-0.15, -0.1) is 9.13 Å². The summed E-state index contributed by atoms with van der Waals surface area (Å²) in [7, 11) is 0. The first-order valence-electron chi connectivity index (χ1n) is 10.7. The van der Waals surface area contributed by atoms with E-state index in [-0.39, 0.29) is 0 Å². The van der Waals surface area contributed by atoms with Gasteiger partial charge in [0.2, 0.25) is 11.4 Å². The standard InChI is InChI=1S/C29H20N2/c1-2-10-21(11-3-1)22-17-18-28-24-13-5-7-15-26(24)29(31(28)20-22)25-14-6-4-12-23(25)27-16-8-9-19-30(27)29/h1-20H/q+2. The molecule has 2 nitrogen and oxygen atoms in total. The fraction of sp³-hybridized carbons (Fsp3) is 0.0345. The normalized spacial score (nSPS) is 17.2. The summed E-state index contributed by atoms with van der Waals surface area (Å²) in [6, 6.07) is 39.4. The van der Waals surface area contributed by atoms with Gasteiger partial charge in [0, 0.05) is 23.8 Å². The Bertz CT molecular complexity index is 1420. The number of rotatable bonds is 1. The van der Waals surface area contributed by atoms with Crippen molar-refractivity contribution < 1.29 is 9.13 Å². The van der Waals surface area contributed by atoms with Crippen LogP contribution < -0.4 is 9.13 Å². The Kier molecular flexibility index (Phi) is 3.23. The van der Waals surface area contributed by atoms with Crippen LogP contribution in [0.25, 0.3) is 33.6 Å². The molecular weight excluding hydrogens is 376 g/mol. The minimum absolute atomic E-state index is 0.427. The van der Waals surface area contributed by atoms with Gasteiger partial charge in [0.15, 0.2) is 12.4 Å². The Labute approximate surface area is 181 Å². The Morgan fingerprint density at radius 1 is 0.452 bits per heavy atom. The molecule has 2 aliphatic heterocycles. The summed E-state index contributed by atoms with van der Waals surface area (Å²) in [5.41, 5.74) is 9.75. The van der Waals surface area contributed by atoms with Crippen molar-refractivity contribution in [2.75, 3.05) is 0 Å². The lowest BCUT2D eigenvalue weighted by Gasteiger charge is -2.17. The maximum Gasteiger partial charge on any atom is 0.417 e. The van der Waals surface area contributed by atoms with Crippen LogP contribution in [-0.4, -0.2) is 0 Å².